The molecule has 4 heteroatoms. The van der Waals surface area contributed by atoms with Crippen LogP contribution in [0.4, 0.5) is 5.69 Å². The summed E-state index contributed by atoms with van der Waals surface area (Å²) >= 11 is 0. The van der Waals surface area contributed by atoms with E-state index in [9.17, 15) is 4.79 Å². The number of aliphatic hydroxyl groups is 1. The molecule has 196 valence electrons. The van der Waals surface area contributed by atoms with Gasteiger partial charge in [0.25, 0.3) is 5.91 Å². The number of anilines is 1. The predicted molar refractivity (Wildman–Crippen MR) is 155 cm³/mol. The van der Waals surface area contributed by atoms with E-state index in [0.717, 1.165) is 29.7 Å². The second kappa shape index (κ2) is 13.6. The lowest BCUT2D eigenvalue weighted by molar-refractivity contribution is 0.0985. The average Bonchev–Trinajstić information content (AvgIpc) is 2.98. The van der Waals surface area contributed by atoms with Crippen molar-refractivity contribution in [2.45, 2.75) is 51.5 Å². The Morgan fingerprint density at radius 1 is 0.789 bits per heavy atom. The molecule has 0 spiro atoms. The normalized spacial score (nSPS) is 13.2. The number of aryl methyl sites for hydroxylation is 1. The van der Waals surface area contributed by atoms with Gasteiger partial charge < -0.3 is 14.7 Å². The Kier molecular flexibility index (Phi) is 9.71. The molecule has 5 rings (SSSR count). The molecule has 1 amide bonds. The molecule has 0 atom stereocenters. The lowest BCUT2D eigenvalue weighted by Gasteiger charge is -2.25. The maximum atomic E-state index is 13.7. The number of aliphatic hydroxyl groups excluding tert-OH is 1. The van der Waals surface area contributed by atoms with Gasteiger partial charge in [0.1, 0.15) is 11.5 Å². The summed E-state index contributed by atoms with van der Waals surface area (Å²) in [7, 11) is 1.00. The van der Waals surface area contributed by atoms with Crippen LogP contribution in [0.15, 0.2) is 103 Å². The minimum atomic E-state index is -0.0248. The van der Waals surface area contributed by atoms with Crippen LogP contribution in [-0.4, -0.2) is 18.1 Å². The first-order valence-electron chi connectivity index (χ1n) is 13.4. The maximum absolute atomic E-state index is 13.7. The Labute approximate surface area is 226 Å². The van der Waals surface area contributed by atoms with Crippen LogP contribution in [0.25, 0.3) is 0 Å². The van der Waals surface area contributed by atoms with E-state index in [-0.39, 0.29) is 5.91 Å². The number of benzene rings is 4. The molecule has 38 heavy (non-hydrogen) atoms. The van der Waals surface area contributed by atoms with Gasteiger partial charge >= 0.3 is 0 Å². The van der Waals surface area contributed by atoms with Gasteiger partial charge in [0.2, 0.25) is 0 Å². The van der Waals surface area contributed by atoms with E-state index >= 15 is 0 Å². The highest BCUT2D eigenvalue weighted by Crippen LogP contribution is 2.33. The van der Waals surface area contributed by atoms with Crippen molar-refractivity contribution in [1.29, 1.82) is 0 Å². The van der Waals surface area contributed by atoms with Crippen LogP contribution in [0.1, 0.15) is 65.1 Å². The number of para-hydroxylation sites is 1. The number of hydrogen-bond donors (Lipinski definition) is 1. The van der Waals surface area contributed by atoms with Gasteiger partial charge in [0.15, 0.2) is 0 Å². The highest BCUT2D eigenvalue weighted by atomic mass is 16.5. The fourth-order valence-electron chi connectivity index (χ4n) is 5.04. The molecule has 4 aromatic carbocycles. The number of hydrogen-bond acceptors (Lipinski definition) is 3. The third-order valence-corrected chi connectivity index (χ3v) is 7.04. The Morgan fingerprint density at radius 3 is 2.11 bits per heavy atom. The smallest absolute Gasteiger partial charge is 0.258 e. The molecule has 0 aliphatic heterocycles. The Hall–Kier alpha value is -3.89. The first-order valence-corrected chi connectivity index (χ1v) is 13.4. The van der Waals surface area contributed by atoms with Crippen LogP contribution in [0.3, 0.4) is 0 Å². The number of carbonyl (C=O) groups is 1. The summed E-state index contributed by atoms with van der Waals surface area (Å²) in [6, 6.07) is 34.1. The molecule has 1 N–H and O–H groups in total. The summed E-state index contributed by atoms with van der Waals surface area (Å²) in [5.74, 6) is 2.13. The van der Waals surface area contributed by atoms with E-state index in [2.05, 4.69) is 43.3 Å². The quantitative estimate of drug-likeness (QED) is 0.274. The SMILES string of the molecule is CO.Cc1cccc(N(Cc2ccc(C3CCCCC3)cc2)C(=O)c2ccc(Oc3ccccc3)cc2)c1. The third kappa shape index (κ3) is 7.11. The molecule has 1 aliphatic carbocycles. The molecule has 0 radical (unpaired) electrons. The molecule has 0 heterocycles. The van der Waals surface area contributed by atoms with Crippen LogP contribution >= 0.6 is 0 Å². The van der Waals surface area contributed by atoms with E-state index in [0.29, 0.717) is 23.8 Å². The fourth-order valence-corrected chi connectivity index (χ4v) is 5.04. The van der Waals surface area contributed by atoms with Crippen molar-refractivity contribution in [3.8, 4) is 11.5 Å². The summed E-state index contributed by atoms with van der Waals surface area (Å²) in [6.07, 6.45) is 6.60. The topological polar surface area (TPSA) is 49.8 Å². The van der Waals surface area contributed by atoms with Gasteiger partial charge in [-0.3, -0.25) is 4.79 Å². The summed E-state index contributed by atoms with van der Waals surface area (Å²) in [6.45, 7) is 2.58. The molecule has 1 fully saturated rings. The predicted octanol–water partition coefficient (Wildman–Crippen LogP) is 8.29. The fraction of sp³-hybridized carbons (Fsp3) is 0.265. The van der Waals surface area contributed by atoms with Crippen molar-refractivity contribution in [1.82, 2.24) is 0 Å². The average molecular weight is 508 g/mol. The van der Waals surface area contributed by atoms with Crippen molar-refractivity contribution in [2.24, 2.45) is 0 Å². The number of amides is 1. The summed E-state index contributed by atoms with van der Waals surface area (Å²) in [5, 5.41) is 7.00. The number of rotatable bonds is 7. The van der Waals surface area contributed by atoms with E-state index in [1.54, 1.807) is 0 Å². The van der Waals surface area contributed by atoms with Gasteiger partial charge in [-0.2, -0.15) is 0 Å². The molecule has 0 saturated heterocycles. The number of carbonyl (C=O) groups excluding carboxylic acids is 1. The largest absolute Gasteiger partial charge is 0.457 e. The van der Waals surface area contributed by atoms with Gasteiger partial charge in [0.05, 0.1) is 6.54 Å². The van der Waals surface area contributed by atoms with E-state index < -0.39 is 0 Å². The van der Waals surface area contributed by atoms with E-state index in [1.807, 2.05) is 71.6 Å². The van der Waals surface area contributed by atoms with E-state index in [1.165, 1.54) is 37.7 Å². The first kappa shape index (κ1) is 27.2. The monoisotopic (exact) mass is 507 g/mol. The standard InChI is InChI=1S/C33H33NO2.CH4O/c1-25-9-8-12-30(23-25)34(24-26-15-17-28(18-16-26)27-10-4-2-5-11-27)33(35)29-19-21-32(22-20-29)36-31-13-6-3-7-14-31;1-2/h3,6-9,12-23,27H,2,4-5,10-11,24H2,1H3;2H,1H3. The van der Waals surface area contributed by atoms with Gasteiger partial charge in [-0.25, -0.2) is 0 Å². The summed E-state index contributed by atoms with van der Waals surface area (Å²) in [5.41, 5.74) is 5.23. The summed E-state index contributed by atoms with van der Waals surface area (Å²) in [4.78, 5) is 15.6. The van der Waals surface area contributed by atoms with Crippen LogP contribution < -0.4 is 9.64 Å². The molecule has 0 unspecified atom stereocenters. The second-order valence-corrected chi connectivity index (χ2v) is 9.75. The van der Waals surface area contributed by atoms with Crippen molar-refractivity contribution in [2.75, 3.05) is 12.0 Å². The van der Waals surface area contributed by atoms with Crippen LogP contribution in [0, 0.1) is 6.92 Å². The van der Waals surface area contributed by atoms with Crippen molar-refractivity contribution >= 4 is 11.6 Å². The zero-order valence-corrected chi connectivity index (χ0v) is 22.3. The minimum Gasteiger partial charge on any atom is -0.457 e. The van der Waals surface area contributed by atoms with Gasteiger partial charge in [-0.15, -0.1) is 0 Å². The third-order valence-electron chi connectivity index (χ3n) is 7.04. The molecule has 0 bridgehead atoms. The van der Waals surface area contributed by atoms with Gasteiger partial charge in [0, 0.05) is 18.4 Å². The lowest BCUT2D eigenvalue weighted by atomic mass is 9.84. The molecule has 1 aliphatic rings. The Bertz CT molecular complexity index is 1280. The molecular weight excluding hydrogens is 470 g/mol. The zero-order valence-electron chi connectivity index (χ0n) is 22.3. The van der Waals surface area contributed by atoms with E-state index in [4.69, 9.17) is 9.84 Å². The van der Waals surface area contributed by atoms with Crippen LogP contribution in [0.5, 0.6) is 11.5 Å². The Balaban J connectivity index is 0.00000164. The molecule has 1 saturated carbocycles. The van der Waals surface area contributed by atoms with Crippen molar-refractivity contribution in [3.05, 3.63) is 125 Å². The molecule has 4 aromatic rings. The zero-order chi connectivity index (χ0) is 26.7. The van der Waals surface area contributed by atoms with Crippen LogP contribution in [-0.2, 0) is 6.54 Å². The van der Waals surface area contributed by atoms with Crippen molar-refractivity contribution in [3.63, 3.8) is 0 Å². The minimum absolute atomic E-state index is 0.0248. The van der Waals surface area contributed by atoms with Gasteiger partial charge in [-0.1, -0.05) is 73.9 Å². The molecule has 0 aromatic heterocycles. The number of ether oxygens (including phenoxy) is 1. The first-order chi connectivity index (χ1) is 18.7. The van der Waals surface area contributed by atoms with Gasteiger partial charge in [-0.05, 0) is 90.9 Å². The second-order valence-electron chi connectivity index (χ2n) is 9.75. The molecular formula is C34H37NO3. The lowest BCUT2D eigenvalue weighted by Crippen LogP contribution is -2.30. The maximum Gasteiger partial charge on any atom is 0.258 e. The Morgan fingerprint density at radius 2 is 1.45 bits per heavy atom. The number of nitrogens with zero attached hydrogens (tertiary/aromatic N) is 1. The van der Waals surface area contributed by atoms with Crippen LogP contribution in [0.2, 0.25) is 0 Å². The highest BCUT2D eigenvalue weighted by molar-refractivity contribution is 6.06. The summed E-state index contributed by atoms with van der Waals surface area (Å²) < 4.78 is 5.91. The highest BCUT2D eigenvalue weighted by Gasteiger charge is 2.20. The van der Waals surface area contributed by atoms with Crippen molar-refractivity contribution < 1.29 is 14.6 Å². The molecule has 4 nitrogen and oxygen atoms in total.